The van der Waals surface area contributed by atoms with E-state index < -0.39 is 0 Å². The van der Waals surface area contributed by atoms with Gasteiger partial charge in [-0.15, -0.1) is 0 Å². The largest absolute Gasteiger partial charge is 0.369 e. The molecule has 2 heterocycles. The number of nitrogens with one attached hydrogen (secondary N) is 2. The lowest BCUT2D eigenvalue weighted by molar-refractivity contribution is 0.439. The van der Waals surface area contributed by atoms with Crippen LogP contribution in [0.25, 0.3) is 5.65 Å². The average molecular weight is 271 g/mol. The van der Waals surface area contributed by atoms with Crippen molar-refractivity contribution in [3.05, 3.63) is 18.6 Å². The Morgan fingerprint density at radius 1 is 1.35 bits per heavy atom. The van der Waals surface area contributed by atoms with E-state index in [0.29, 0.717) is 6.04 Å². The van der Waals surface area contributed by atoms with Crippen LogP contribution in [0.15, 0.2) is 18.6 Å². The first-order valence-electron chi connectivity index (χ1n) is 7.67. The first kappa shape index (κ1) is 12.0. The number of anilines is 2. The topological polar surface area (TPSA) is 54.2 Å². The maximum absolute atomic E-state index is 4.70. The van der Waals surface area contributed by atoms with E-state index in [4.69, 9.17) is 4.98 Å². The summed E-state index contributed by atoms with van der Waals surface area (Å²) in [4.78, 5) is 9.14. The lowest BCUT2D eigenvalue weighted by atomic mass is 9.95. The van der Waals surface area contributed by atoms with E-state index in [1.807, 2.05) is 23.0 Å². The minimum absolute atomic E-state index is 0.582. The molecule has 0 amide bonds. The molecule has 2 aromatic rings. The minimum Gasteiger partial charge on any atom is -0.369 e. The molecule has 2 N–H and O–H groups in total. The molecule has 106 valence electrons. The van der Waals surface area contributed by atoms with Gasteiger partial charge in [-0.3, -0.25) is 0 Å². The van der Waals surface area contributed by atoms with Crippen molar-refractivity contribution in [3.63, 3.8) is 0 Å². The Hall–Kier alpha value is -1.78. The maximum Gasteiger partial charge on any atom is 0.180 e. The highest BCUT2D eigenvalue weighted by molar-refractivity contribution is 5.65. The molecule has 20 heavy (non-hydrogen) atoms. The van der Waals surface area contributed by atoms with Crippen molar-refractivity contribution in [2.75, 3.05) is 17.2 Å². The third-order valence-electron chi connectivity index (χ3n) is 4.79. The van der Waals surface area contributed by atoms with Gasteiger partial charge in [0.05, 0.1) is 6.20 Å². The molecule has 5 nitrogen and oxygen atoms in total. The highest BCUT2D eigenvalue weighted by atomic mass is 15.2. The highest BCUT2D eigenvalue weighted by Crippen LogP contribution is 2.45. The zero-order chi connectivity index (χ0) is 13.5. The molecular weight excluding hydrogens is 250 g/mol. The van der Waals surface area contributed by atoms with E-state index in [0.717, 1.165) is 35.7 Å². The quantitative estimate of drug-likeness (QED) is 0.898. The molecule has 0 aromatic carbocycles. The van der Waals surface area contributed by atoms with Crippen molar-refractivity contribution in [2.45, 2.75) is 38.6 Å². The first-order valence-corrected chi connectivity index (χ1v) is 7.67. The van der Waals surface area contributed by atoms with Crippen LogP contribution < -0.4 is 10.6 Å². The fraction of sp³-hybridized carbons (Fsp3) is 0.600. The normalized spacial score (nSPS) is 28.1. The lowest BCUT2D eigenvalue weighted by Gasteiger charge is -2.23. The molecule has 2 saturated carbocycles. The summed E-state index contributed by atoms with van der Waals surface area (Å²) in [5, 5.41) is 6.95. The number of imidazole rings is 1. The Labute approximate surface area is 118 Å². The molecule has 3 atom stereocenters. The van der Waals surface area contributed by atoms with E-state index >= 15 is 0 Å². The number of aromatic nitrogens is 3. The Morgan fingerprint density at radius 2 is 2.30 bits per heavy atom. The predicted octanol–water partition coefficient (Wildman–Crippen LogP) is 2.76. The van der Waals surface area contributed by atoms with Crippen LogP contribution in [0.1, 0.15) is 32.6 Å². The fourth-order valence-electron chi connectivity index (χ4n) is 3.89. The molecule has 0 aliphatic heterocycles. The van der Waals surface area contributed by atoms with Crippen LogP contribution in [0.2, 0.25) is 0 Å². The van der Waals surface area contributed by atoms with E-state index in [1.54, 1.807) is 0 Å². The van der Waals surface area contributed by atoms with Gasteiger partial charge >= 0.3 is 0 Å². The highest BCUT2D eigenvalue weighted by Gasteiger charge is 2.39. The fourth-order valence-corrected chi connectivity index (χ4v) is 3.89. The standard InChI is InChI=1S/C15H21N5/c1-2-16-13-9-20-6-5-17-15(20)14(19-13)18-12-8-10-3-4-11(12)7-10/h5-6,9-12,16H,2-4,7-8H2,1H3,(H,18,19). The van der Waals surface area contributed by atoms with Gasteiger partial charge in [-0.1, -0.05) is 6.42 Å². The van der Waals surface area contributed by atoms with Crippen molar-refractivity contribution in [3.8, 4) is 0 Å². The number of hydrogen-bond acceptors (Lipinski definition) is 4. The van der Waals surface area contributed by atoms with Gasteiger partial charge < -0.3 is 15.0 Å². The van der Waals surface area contributed by atoms with Crippen LogP contribution >= 0.6 is 0 Å². The summed E-state index contributed by atoms with van der Waals surface area (Å²) in [5.41, 5.74) is 0.925. The van der Waals surface area contributed by atoms with Gasteiger partial charge in [0.1, 0.15) is 5.82 Å². The summed E-state index contributed by atoms with van der Waals surface area (Å²) < 4.78 is 2.04. The van der Waals surface area contributed by atoms with E-state index in [2.05, 4.69) is 22.5 Å². The monoisotopic (exact) mass is 271 g/mol. The Bertz CT molecular complexity index is 620. The van der Waals surface area contributed by atoms with Crippen LogP contribution in [0.5, 0.6) is 0 Å². The average Bonchev–Trinajstić information content (AvgIpc) is 3.14. The van der Waals surface area contributed by atoms with Gasteiger partial charge in [-0.05, 0) is 38.0 Å². The Balaban J connectivity index is 1.65. The van der Waals surface area contributed by atoms with E-state index in [-0.39, 0.29) is 0 Å². The van der Waals surface area contributed by atoms with E-state index in [1.165, 1.54) is 25.7 Å². The van der Waals surface area contributed by atoms with E-state index in [9.17, 15) is 0 Å². The van der Waals surface area contributed by atoms with Crippen molar-refractivity contribution in [2.24, 2.45) is 11.8 Å². The predicted molar refractivity (Wildman–Crippen MR) is 80.0 cm³/mol. The molecular formula is C15H21N5. The summed E-state index contributed by atoms with van der Waals surface area (Å²) in [6.45, 7) is 2.96. The summed E-state index contributed by atoms with van der Waals surface area (Å²) in [6, 6.07) is 0.582. The van der Waals surface area contributed by atoms with Crippen LogP contribution in [0.4, 0.5) is 11.6 Å². The molecule has 2 fully saturated rings. The molecule has 5 heteroatoms. The summed E-state index contributed by atoms with van der Waals surface area (Å²) in [7, 11) is 0. The Kier molecular flexibility index (Phi) is 2.79. The summed E-state index contributed by atoms with van der Waals surface area (Å²) >= 11 is 0. The zero-order valence-electron chi connectivity index (χ0n) is 11.8. The zero-order valence-corrected chi connectivity index (χ0v) is 11.8. The molecule has 0 saturated heterocycles. The molecule has 0 spiro atoms. The second-order valence-electron chi connectivity index (χ2n) is 6.09. The summed E-state index contributed by atoms with van der Waals surface area (Å²) in [6.07, 6.45) is 11.3. The number of hydrogen-bond donors (Lipinski definition) is 2. The maximum atomic E-state index is 4.70. The third kappa shape index (κ3) is 1.92. The minimum atomic E-state index is 0.582. The Morgan fingerprint density at radius 3 is 3.05 bits per heavy atom. The number of fused-ring (bicyclic) bond motifs is 3. The van der Waals surface area contributed by atoms with Gasteiger partial charge in [0.15, 0.2) is 11.5 Å². The second-order valence-corrected chi connectivity index (χ2v) is 6.09. The summed E-state index contributed by atoms with van der Waals surface area (Å²) in [5.74, 6) is 3.60. The van der Waals surface area contributed by atoms with Gasteiger partial charge in [-0.2, -0.15) is 0 Å². The van der Waals surface area contributed by atoms with Crippen LogP contribution in [-0.4, -0.2) is 27.0 Å². The van der Waals surface area contributed by atoms with Crippen LogP contribution in [-0.2, 0) is 0 Å². The van der Waals surface area contributed by atoms with Crippen LogP contribution in [0, 0.1) is 11.8 Å². The third-order valence-corrected chi connectivity index (χ3v) is 4.79. The molecule has 2 aliphatic carbocycles. The molecule has 3 unspecified atom stereocenters. The smallest absolute Gasteiger partial charge is 0.180 e. The molecule has 4 rings (SSSR count). The molecule has 0 radical (unpaired) electrons. The van der Waals surface area contributed by atoms with Gasteiger partial charge in [0, 0.05) is 25.0 Å². The van der Waals surface area contributed by atoms with Crippen LogP contribution in [0.3, 0.4) is 0 Å². The molecule has 2 aromatic heterocycles. The van der Waals surface area contributed by atoms with Crippen molar-refractivity contribution in [1.29, 1.82) is 0 Å². The van der Waals surface area contributed by atoms with Gasteiger partial charge in [-0.25, -0.2) is 9.97 Å². The van der Waals surface area contributed by atoms with Crippen molar-refractivity contribution < 1.29 is 0 Å². The SMILES string of the molecule is CCNc1cn2ccnc2c(NC2CC3CCC2C3)n1. The van der Waals surface area contributed by atoms with Crippen molar-refractivity contribution in [1.82, 2.24) is 14.4 Å². The number of nitrogens with zero attached hydrogens (tertiary/aromatic N) is 3. The lowest BCUT2D eigenvalue weighted by Crippen LogP contribution is -2.26. The number of rotatable bonds is 4. The van der Waals surface area contributed by atoms with Gasteiger partial charge in [0.2, 0.25) is 0 Å². The second kappa shape index (κ2) is 4.65. The molecule has 2 bridgehead atoms. The van der Waals surface area contributed by atoms with Crippen molar-refractivity contribution >= 4 is 17.3 Å². The molecule has 2 aliphatic rings. The van der Waals surface area contributed by atoms with Gasteiger partial charge in [0.25, 0.3) is 0 Å². The first-order chi connectivity index (χ1) is 9.83.